The van der Waals surface area contributed by atoms with Crippen LogP contribution in [0.1, 0.15) is 30.6 Å². The summed E-state index contributed by atoms with van der Waals surface area (Å²) >= 11 is 0. The minimum Gasteiger partial charge on any atom is -0.367 e. The van der Waals surface area contributed by atoms with Gasteiger partial charge in [0.2, 0.25) is 0 Å². The first-order valence-electron chi connectivity index (χ1n) is 9.99. The maximum atomic E-state index is 14.1. The van der Waals surface area contributed by atoms with Crippen molar-refractivity contribution >= 4 is 27.3 Å². The van der Waals surface area contributed by atoms with E-state index in [0.29, 0.717) is 24.3 Å². The van der Waals surface area contributed by atoms with Crippen molar-refractivity contribution in [2.75, 3.05) is 35.8 Å². The Labute approximate surface area is 176 Å². The molecule has 1 aliphatic rings. The van der Waals surface area contributed by atoms with E-state index in [1.807, 2.05) is 18.7 Å². The molecule has 0 saturated carbocycles. The lowest BCUT2D eigenvalue weighted by Crippen LogP contribution is -2.43. The number of nitrogens with zero attached hydrogens (tertiary/aromatic N) is 1. The summed E-state index contributed by atoms with van der Waals surface area (Å²) in [5.41, 5.74) is 1.23. The molecular weight excluding hydrogens is 407 g/mol. The molecule has 162 valence electrons. The van der Waals surface area contributed by atoms with Crippen molar-refractivity contribution in [2.45, 2.75) is 31.2 Å². The van der Waals surface area contributed by atoms with E-state index < -0.39 is 20.7 Å². The van der Waals surface area contributed by atoms with Crippen molar-refractivity contribution in [1.82, 2.24) is 10.6 Å². The molecule has 0 aromatic heterocycles. The van der Waals surface area contributed by atoms with Crippen molar-refractivity contribution in [1.29, 1.82) is 0 Å². The molecule has 0 bridgehead atoms. The summed E-state index contributed by atoms with van der Waals surface area (Å²) in [5.74, 6) is -1.12. The highest BCUT2D eigenvalue weighted by molar-refractivity contribution is 7.92. The number of carbonyl (C=O) groups excluding carboxylic acids is 1. The zero-order valence-electron chi connectivity index (χ0n) is 17.1. The SMILES string of the molecule is CC[C@H](C)NC(=O)c1ccc(N2CCNCC2)c(NS(=O)(=O)c2ccccc2F)c1. The van der Waals surface area contributed by atoms with Gasteiger partial charge in [0, 0.05) is 37.8 Å². The number of amides is 1. The van der Waals surface area contributed by atoms with Gasteiger partial charge in [-0.3, -0.25) is 9.52 Å². The number of carbonyl (C=O) groups is 1. The second kappa shape index (κ2) is 9.44. The molecule has 1 atom stereocenters. The summed E-state index contributed by atoms with van der Waals surface area (Å²) < 4.78 is 42.4. The van der Waals surface area contributed by atoms with Gasteiger partial charge in [0.1, 0.15) is 10.7 Å². The van der Waals surface area contributed by atoms with Gasteiger partial charge >= 0.3 is 0 Å². The van der Waals surface area contributed by atoms with E-state index in [1.165, 1.54) is 24.3 Å². The topological polar surface area (TPSA) is 90.5 Å². The fourth-order valence-corrected chi connectivity index (χ4v) is 4.36. The smallest absolute Gasteiger partial charge is 0.264 e. The number of rotatable bonds is 7. The lowest BCUT2D eigenvalue weighted by Gasteiger charge is -2.31. The molecule has 9 heteroatoms. The van der Waals surface area contributed by atoms with Gasteiger partial charge < -0.3 is 15.5 Å². The molecule has 7 nitrogen and oxygen atoms in total. The number of halogens is 1. The van der Waals surface area contributed by atoms with Crippen LogP contribution in [0.2, 0.25) is 0 Å². The van der Waals surface area contributed by atoms with Crippen LogP contribution in [0.5, 0.6) is 0 Å². The van der Waals surface area contributed by atoms with Crippen molar-refractivity contribution < 1.29 is 17.6 Å². The maximum Gasteiger partial charge on any atom is 0.264 e. The normalized spacial score (nSPS) is 15.5. The van der Waals surface area contributed by atoms with Crippen LogP contribution in [-0.4, -0.2) is 46.5 Å². The zero-order valence-corrected chi connectivity index (χ0v) is 17.9. The Morgan fingerprint density at radius 1 is 1.20 bits per heavy atom. The minimum absolute atomic E-state index is 0.0103. The van der Waals surface area contributed by atoms with E-state index in [1.54, 1.807) is 12.1 Å². The second-order valence-corrected chi connectivity index (χ2v) is 8.94. The Morgan fingerprint density at radius 3 is 2.57 bits per heavy atom. The highest BCUT2D eigenvalue weighted by atomic mass is 32.2. The number of hydrogen-bond acceptors (Lipinski definition) is 5. The van der Waals surface area contributed by atoms with E-state index in [-0.39, 0.29) is 17.6 Å². The van der Waals surface area contributed by atoms with Gasteiger partial charge in [-0.05, 0) is 43.7 Å². The van der Waals surface area contributed by atoms with Crippen molar-refractivity contribution in [2.24, 2.45) is 0 Å². The largest absolute Gasteiger partial charge is 0.367 e. The van der Waals surface area contributed by atoms with E-state index in [0.717, 1.165) is 25.6 Å². The van der Waals surface area contributed by atoms with Crippen LogP contribution in [-0.2, 0) is 10.0 Å². The van der Waals surface area contributed by atoms with Crippen LogP contribution in [0.4, 0.5) is 15.8 Å². The average Bonchev–Trinajstić information content (AvgIpc) is 2.74. The molecule has 3 rings (SSSR count). The summed E-state index contributed by atoms with van der Waals surface area (Å²) in [4.78, 5) is 14.2. The summed E-state index contributed by atoms with van der Waals surface area (Å²) in [5, 5.41) is 6.13. The first kappa shape index (κ1) is 22.0. The third-order valence-electron chi connectivity index (χ3n) is 5.08. The van der Waals surface area contributed by atoms with Gasteiger partial charge in [0.15, 0.2) is 0 Å². The van der Waals surface area contributed by atoms with Gasteiger partial charge in [0.25, 0.3) is 15.9 Å². The lowest BCUT2D eigenvalue weighted by atomic mass is 10.1. The van der Waals surface area contributed by atoms with Crippen LogP contribution in [0.15, 0.2) is 47.4 Å². The third-order valence-corrected chi connectivity index (χ3v) is 6.48. The predicted octanol–water partition coefficient (Wildman–Crippen LogP) is 2.56. The molecule has 0 unspecified atom stereocenters. The van der Waals surface area contributed by atoms with E-state index in [2.05, 4.69) is 15.4 Å². The Hall–Kier alpha value is -2.65. The summed E-state index contributed by atoms with van der Waals surface area (Å²) in [6, 6.07) is 10.1. The Balaban J connectivity index is 1.99. The second-order valence-electron chi connectivity index (χ2n) is 7.29. The Kier molecular flexibility index (Phi) is 6.94. The molecule has 1 amide bonds. The van der Waals surface area contributed by atoms with Gasteiger partial charge in [-0.15, -0.1) is 0 Å². The highest BCUT2D eigenvalue weighted by Gasteiger charge is 2.23. The molecule has 0 spiro atoms. The van der Waals surface area contributed by atoms with Crippen LogP contribution in [0.25, 0.3) is 0 Å². The van der Waals surface area contributed by atoms with E-state index in [4.69, 9.17) is 0 Å². The number of hydrogen-bond donors (Lipinski definition) is 3. The van der Waals surface area contributed by atoms with Crippen LogP contribution < -0.4 is 20.3 Å². The fraction of sp³-hybridized carbons (Fsp3) is 0.381. The minimum atomic E-state index is -4.17. The molecule has 30 heavy (non-hydrogen) atoms. The maximum absolute atomic E-state index is 14.1. The quantitative estimate of drug-likeness (QED) is 0.623. The number of anilines is 2. The molecule has 2 aromatic carbocycles. The first-order chi connectivity index (χ1) is 14.3. The van der Waals surface area contributed by atoms with Crippen LogP contribution >= 0.6 is 0 Å². The Morgan fingerprint density at radius 2 is 1.90 bits per heavy atom. The van der Waals surface area contributed by atoms with Crippen molar-refractivity contribution in [3.8, 4) is 0 Å². The van der Waals surface area contributed by atoms with Crippen LogP contribution in [0.3, 0.4) is 0 Å². The summed E-state index contributed by atoms with van der Waals surface area (Å²) in [7, 11) is -4.17. The predicted molar refractivity (Wildman–Crippen MR) is 116 cm³/mol. The monoisotopic (exact) mass is 434 g/mol. The highest BCUT2D eigenvalue weighted by Crippen LogP contribution is 2.30. The third kappa shape index (κ3) is 5.09. The lowest BCUT2D eigenvalue weighted by molar-refractivity contribution is 0.0939. The van der Waals surface area contributed by atoms with Crippen LogP contribution in [0, 0.1) is 5.82 Å². The zero-order chi connectivity index (χ0) is 21.7. The Bertz CT molecular complexity index is 1010. The number of nitrogens with one attached hydrogen (secondary N) is 3. The van der Waals surface area contributed by atoms with Gasteiger partial charge in [-0.2, -0.15) is 0 Å². The molecule has 0 aliphatic carbocycles. The van der Waals surface area contributed by atoms with Gasteiger partial charge in [-0.25, -0.2) is 12.8 Å². The number of sulfonamides is 1. The molecule has 0 radical (unpaired) electrons. The number of piperazine rings is 1. The standard InChI is InChI=1S/C21H27FN4O3S/c1-3-15(2)24-21(27)16-8-9-19(26-12-10-23-11-13-26)18(14-16)25-30(28,29)20-7-5-4-6-17(20)22/h4-9,14-15,23,25H,3,10-13H2,1-2H3,(H,24,27)/t15-/m0/s1. The number of benzene rings is 2. The summed E-state index contributed by atoms with van der Waals surface area (Å²) in [6.45, 7) is 6.76. The van der Waals surface area contributed by atoms with Crippen molar-refractivity contribution in [3.05, 3.63) is 53.8 Å². The molecule has 1 fully saturated rings. The molecule has 2 aromatic rings. The first-order valence-corrected chi connectivity index (χ1v) is 11.5. The molecular formula is C21H27FN4O3S. The summed E-state index contributed by atoms with van der Waals surface area (Å²) in [6.07, 6.45) is 0.775. The van der Waals surface area contributed by atoms with E-state index in [9.17, 15) is 17.6 Å². The average molecular weight is 435 g/mol. The van der Waals surface area contributed by atoms with Crippen molar-refractivity contribution in [3.63, 3.8) is 0 Å². The molecule has 1 heterocycles. The van der Waals surface area contributed by atoms with Gasteiger partial charge in [-0.1, -0.05) is 19.1 Å². The van der Waals surface area contributed by atoms with E-state index >= 15 is 0 Å². The molecule has 1 saturated heterocycles. The van der Waals surface area contributed by atoms with Gasteiger partial charge in [0.05, 0.1) is 11.4 Å². The molecule has 3 N–H and O–H groups in total. The fourth-order valence-electron chi connectivity index (χ4n) is 3.21. The molecule has 1 aliphatic heterocycles.